The highest BCUT2D eigenvalue weighted by Crippen LogP contribution is 2.45. The molecule has 3 aromatic heterocycles. The summed E-state index contributed by atoms with van der Waals surface area (Å²) in [5.74, 6) is 0.171. The average Bonchev–Trinajstić information content (AvgIpc) is 3.71. The zero-order chi connectivity index (χ0) is 29.7. The molecular formula is C34H34N6O3. The minimum absolute atomic E-state index is 0.122. The van der Waals surface area contributed by atoms with E-state index in [2.05, 4.69) is 33.0 Å². The number of benzene rings is 2. The van der Waals surface area contributed by atoms with Crippen molar-refractivity contribution < 1.29 is 14.7 Å². The maximum atomic E-state index is 13.9. The average molecular weight is 575 g/mol. The van der Waals surface area contributed by atoms with Crippen molar-refractivity contribution in [3.05, 3.63) is 83.6 Å². The van der Waals surface area contributed by atoms with Crippen molar-refractivity contribution in [2.45, 2.75) is 56.4 Å². The molecule has 7 rings (SSSR count). The number of carbonyl (C=O) groups is 2. The van der Waals surface area contributed by atoms with Crippen molar-refractivity contribution in [1.82, 2.24) is 29.4 Å². The molecule has 2 aliphatic carbocycles. The number of hydrogen-bond donors (Lipinski definition) is 2. The first-order valence-electron chi connectivity index (χ1n) is 14.9. The van der Waals surface area contributed by atoms with Crippen molar-refractivity contribution in [3.63, 3.8) is 0 Å². The van der Waals surface area contributed by atoms with Gasteiger partial charge in [-0.05, 0) is 79.5 Å². The molecular weight excluding hydrogens is 540 g/mol. The SMILES string of the molecule is Cn1c(C2(NC(=O)c3ccc4c(C5CCCC5)c(-c5cnccn5)n(C)c4c3)CCC2)nc2ccc(/C=C/C(=O)O)cc21. The summed E-state index contributed by atoms with van der Waals surface area (Å²) in [5, 5.41) is 13.5. The Morgan fingerprint density at radius 2 is 1.81 bits per heavy atom. The standard InChI is InChI=1S/C34H34N6O3/c1-39-27-19-23(10-11-24(27)30(22-6-3-4-7-22)31(39)26-20-35-16-17-36-26)32(43)38-34(14-5-15-34)33-37-25-12-8-21(9-13-29(41)42)18-28(25)40(33)2/h8-13,16-20,22H,3-7,14-15H2,1-2H3,(H,38,43)(H,41,42)/b13-9+. The van der Waals surface area contributed by atoms with E-state index in [9.17, 15) is 9.59 Å². The number of carboxylic acids is 1. The predicted molar refractivity (Wildman–Crippen MR) is 166 cm³/mol. The van der Waals surface area contributed by atoms with E-state index in [1.165, 1.54) is 23.8 Å². The molecule has 0 bridgehead atoms. The summed E-state index contributed by atoms with van der Waals surface area (Å²) in [5.41, 5.74) is 6.80. The summed E-state index contributed by atoms with van der Waals surface area (Å²) in [4.78, 5) is 38.8. The summed E-state index contributed by atoms with van der Waals surface area (Å²) in [7, 11) is 4.01. The largest absolute Gasteiger partial charge is 0.478 e. The molecule has 0 atom stereocenters. The van der Waals surface area contributed by atoms with Crippen LogP contribution in [0, 0.1) is 0 Å². The highest BCUT2D eigenvalue weighted by Gasteiger charge is 2.44. The molecule has 2 aromatic carbocycles. The van der Waals surface area contributed by atoms with Gasteiger partial charge in [0.1, 0.15) is 11.5 Å². The first-order valence-corrected chi connectivity index (χ1v) is 14.9. The number of aryl methyl sites for hydroxylation is 2. The third-order valence-corrected chi connectivity index (χ3v) is 9.38. The van der Waals surface area contributed by atoms with Crippen molar-refractivity contribution >= 4 is 39.9 Å². The molecule has 43 heavy (non-hydrogen) atoms. The van der Waals surface area contributed by atoms with Crippen molar-refractivity contribution in [2.75, 3.05) is 0 Å². The zero-order valence-corrected chi connectivity index (χ0v) is 24.4. The number of aliphatic carboxylic acids is 1. The number of rotatable bonds is 7. The van der Waals surface area contributed by atoms with E-state index in [1.807, 2.05) is 48.1 Å². The molecule has 2 fully saturated rings. The maximum Gasteiger partial charge on any atom is 0.328 e. The van der Waals surface area contributed by atoms with E-state index in [4.69, 9.17) is 10.1 Å². The van der Waals surface area contributed by atoms with Gasteiger partial charge in [-0.2, -0.15) is 0 Å². The van der Waals surface area contributed by atoms with Crippen LogP contribution in [-0.2, 0) is 24.4 Å². The van der Waals surface area contributed by atoms with E-state index in [-0.39, 0.29) is 5.91 Å². The van der Waals surface area contributed by atoms with E-state index < -0.39 is 11.5 Å². The smallest absolute Gasteiger partial charge is 0.328 e. The van der Waals surface area contributed by atoms with Gasteiger partial charge < -0.3 is 19.6 Å². The molecule has 9 nitrogen and oxygen atoms in total. The van der Waals surface area contributed by atoms with Gasteiger partial charge in [0.2, 0.25) is 0 Å². The number of amides is 1. The number of nitrogens with zero attached hydrogens (tertiary/aromatic N) is 5. The van der Waals surface area contributed by atoms with Gasteiger partial charge in [-0.25, -0.2) is 9.78 Å². The van der Waals surface area contributed by atoms with E-state index in [1.54, 1.807) is 18.5 Å². The normalized spacial score (nSPS) is 16.7. The van der Waals surface area contributed by atoms with Gasteiger partial charge in [-0.3, -0.25) is 14.8 Å². The summed E-state index contributed by atoms with van der Waals surface area (Å²) in [6.07, 6.45) is 15.3. The van der Waals surface area contributed by atoms with Crippen LogP contribution < -0.4 is 5.32 Å². The predicted octanol–water partition coefficient (Wildman–Crippen LogP) is 6.09. The fourth-order valence-corrected chi connectivity index (χ4v) is 7.10. The highest BCUT2D eigenvalue weighted by molar-refractivity contribution is 6.01. The Balaban J connectivity index is 1.24. The fourth-order valence-electron chi connectivity index (χ4n) is 7.10. The summed E-state index contributed by atoms with van der Waals surface area (Å²) < 4.78 is 4.19. The van der Waals surface area contributed by atoms with Crippen LogP contribution in [0.5, 0.6) is 0 Å². The number of carboxylic acid groups (broad SMARTS) is 1. The maximum absolute atomic E-state index is 13.9. The quantitative estimate of drug-likeness (QED) is 0.228. The molecule has 2 aliphatic rings. The van der Waals surface area contributed by atoms with Crippen LogP contribution in [0.4, 0.5) is 0 Å². The summed E-state index contributed by atoms with van der Waals surface area (Å²) >= 11 is 0. The topological polar surface area (TPSA) is 115 Å². The lowest BCUT2D eigenvalue weighted by atomic mass is 9.75. The van der Waals surface area contributed by atoms with Gasteiger partial charge >= 0.3 is 5.97 Å². The third kappa shape index (κ3) is 4.59. The first-order chi connectivity index (χ1) is 20.8. The van der Waals surface area contributed by atoms with Crippen LogP contribution in [0.2, 0.25) is 0 Å². The molecule has 2 N–H and O–H groups in total. The number of fused-ring (bicyclic) bond motifs is 2. The monoisotopic (exact) mass is 574 g/mol. The molecule has 5 aromatic rings. The molecule has 0 aliphatic heterocycles. The highest BCUT2D eigenvalue weighted by atomic mass is 16.4. The summed E-state index contributed by atoms with van der Waals surface area (Å²) in [6, 6.07) is 11.7. The van der Waals surface area contributed by atoms with Crippen LogP contribution in [0.3, 0.4) is 0 Å². The Morgan fingerprint density at radius 3 is 2.51 bits per heavy atom. The van der Waals surface area contributed by atoms with E-state index >= 15 is 0 Å². The van der Waals surface area contributed by atoms with E-state index in [0.717, 1.165) is 77.5 Å². The van der Waals surface area contributed by atoms with Gasteiger partial charge in [0.15, 0.2) is 0 Å². The van der Waals surface area contributed by atoms with E-state index in [0.29, 0.717) is 11.5 Å². The molecule has 9 heteroatoms. The lowest BCUT2D eigenvalue weighted by Gasteiger charge is -2.41. The number of nitrogens with one attached hydrogen (secondary N) is 1. The molecule has 0 unspecified atom stereocenters. The Hall–Kier alpha value is -4.79. The third-order valence-electron chi connectivity index (χ3n) is 9.38. The van der Waals surface area contributed by atoms with Crippen LogP contribution >= 0.6 is 0 Å². The molecule has 0 saturated heterocycles. The summed E-state index contributed by atoms with van der Waals surface area (Å²) in [6.45, 7) is 0. The van der Waals surface area contributed by atoms with Gasteiger partial charge in [-0.15, -0.1) is 0 Å². The number of aromatic nitrogens is 5. The Morgan fingerprint density at radius 1 is 1.00 bits per heavy atom. The molecule has 218 valence electrons. The Kier molecular flexibility index (Phi) is 6.60. The fraction of sp³-hybridized carbons (Fsp3) is 0.324. The van der Waals surface area contributed by atoms with Crippen LogP contribution in [0.25, 0.3) is 39.4 Å². The second kappa shape index (κ2) is 10.5. The van der Waals surface area contributed by atoms with Gasteiger partial charge in [0, 0.05) is 49.0 Å². The van der Waals surface area contributed by atoms with Crippen LogP contribution in [-0.4, -0.2) is 41.1 Å². The molecule has 0 spiro atoms. The van der Waals surface area contributed by atoms with Gasteiger partial charge in [-0.1, -0.05) is 25.0 Å². The van der Waals surface area contributed by atoms with Gasteiger partial charge in [0.25, 0.3) is 5.91 Å². The van der Waals surface area contributed by atoms with Crippen LogP contribution in [0.1, 0.15) is 78.2 Å². The van der Waals surface area contributed by atoms with Crippen molar-refractivity contribution in [2.24, 2.45) is 14.1 Å². The number of hydrogen-bond acceptors (Lipinski definition) is 5. The van der Waals surface area contributed by atoms with Crippen molar-refractivity contribution in [3.8, 4) is 11.4 Å². The first kappa shape index (κ1) is 27.1. The minimum Gasteiger partial charge on any atom is -0.478 e. The van der Waals surface area contributed by atoms with Crippen LogP contribution in [0.15, 0.2) is 61.1 Å². The minimum atomic E-state index is -0.991. The number of imidazole rings is 1. The second-order valence-corrected chi connectivity index (χ2v) is 11.9. The second-order valence-electron chi connectivity index (χ2n) is 11.9. The number of carbonyl (C=O) groups excluding carboxylic acids is 1. The zero-order valence-electron chi connectivity index (χ0n) is 24.4. The lowest BCUT2D eigenvalue weighted by Crippen LogP contribution is -2.52. The van der Waals surface area contributed by atoms with Gasteiger partial charge in [0.05, 0.1) is 28.5 Å². The molecule has 0 radical (unpaired) electrons. The van der Waals surface area contributed by atoms with Crippen molar-refractivity contribution in [1.29, 1.82) is 0 Å². The Bertz CT molecular complexity index is 1910. The molecule has 1 amide bonds. The molecule has 2 saturated carbocycles. The molecule has 3 heterocycles. The Labute approximate surface area is 249 Å². The lowest BCUT2D eigenvalue weighted by molar-refractivity contribution is -0.131.